The number of aldehydes is 1. The van der Waals surface area contributed by atoms with Crippen LogP contribution in [0.25, 0.3) is 11.3 Å². The molecule has 2 aromatic rings. The number of nitrogens with one attached hydrogen (secondary N) is 1. The van der Waals surface area contributed by atoms with E-state index in [9.17, 15) is 22.4 Å². The molecular formula is C29H35F4N5O3. The van der Waals surface area contributed by atoms with E-state index in [-0.39, 0.29) is 11.7 Å². The fraction of sp³-hybridized carbons (Fsp3) is 0.483. The van der Waals surface area contributed by atoms with Crippen molar-refractivity contribution in [3.8, 4) is 17.0 Å². The van der Waals surface area contributed by atoms with E-state index >= 15 is 0 Å². The SMILES string of the molecule is CN/C(=C\N=C(C)N1CCC2(CC1)Cc1cc(-c3ccc(C=O)c(F)c3)ncc1O2)C(F)(F)F.CN1CCC(O)C1. The third kappa shape index (κ3) is 7.42. The predicted octanol–water partition coefficient (Wildman–Crippen LogP) is 4.19. The number of hydrogen-bond acceptors (Lipinski definition) is 7. The molecule has 2 N–H and O–H groups in total. The lowest BCUT2D eigenvalue weighted by molar-refractivity contribution is -0.0962. The summed E-state index contributed by atoms with van der Waals surface area (Å²) in [5.74, 6) is 0.588. The minimum Gasteiger partial charge on any atom is -0.485 e. The van der Waals surface area contributed by atoms with Crippen LogP contribution in [0.1, 0.15) is 42.1 Å². The summed E-state index contributed by atoms with van der Waals surface area (Å²) in [5.41, 5.74) is 0.807. The van der Waals surface area contributed by atoms with Crippen molar-refractivity contribution >= 4 is 12.1 Å². The Morgan fingerprint density at radius 2 is 1.98 bits per heavy atom. The Labute approximate surface area is 236 Å². The number of ether oxygens (including phenoxy) is 1. The summed E-state index contributed by atoms with van der Waals surface area (Å²) in [6.07, 6.45) is 1.34. The van der Waals surface area contributed by atoms with E-state index in [0.29, 0.717) is 61.5 Å². The number of aliphatic hydroxyl groups excluding tert-OH is 1. The molecule has 5 rings (SSSR count). The minimum absolute atomic E-state index is 0.00568. The van der Waals surface area contributed by atoms with Gasteiger partial charge < -0.3 is 25.0 Å². The molecule has 0 radical (unpaired) electrons. The van der Waals surface area contributed by atoms with Crippen molar-refractivity contribution in [1.82, 2.24) is 20.1 Å². The second-order valence-corrected chi connectivity index (χ2v) is 10.7. The van der Waals surface area contributed by atoms with Gasteiger partial charge in [-0.05, 0) is 38.6 Å². The summed E-state index contributed by atoms with van der Waals surface area (Å²) in [4.78, 5) is 23.3. The molecule has 1 unspecified atom stereocenters. The van der Waals surface area contributed by atoms with Crippen molar-refractivity contribution in [3.05, 3.63) is 59.3 Å². The zero-order valence-corrected chi connectivity index (χ0v) is 23.3. The van der Waals surface area contributed by atoms with E-state index in [1.54, 1.807) is 19.2 Å². The first-order valence-electron chi connectivity index (χ1n) is 13.5. The highest BCUT2D eigenvalue weighted by molar-refractivity contribution is 5.80. The van der Waals surface area contributed by atoms with E-state index in [4.69, 9.17) is 9.84 Å². The van der Waals surface area contributed by atoms with Gasteiger partial charge in [0.2, 0.25) is 0 Å². The molecule has 41 heavy (non-hydrogen) atoms. The fourth-order valence-corrected chi connectivity index (χ4v) is 5.22. The Balaban J connectivity index is 0.000000483. The van der Waals surface area contributed by atoms with Gasteiger partial charge in [-0.3, -0.25) is 9.78 Å². The van der Waals surface area contributed by atoms with Crippen LogP contribution < -0.4 is 10.1 Å². The molecule has 0 aliphatic carbocycles. The average molecular weight is 578 g/mol. The third-order valence-corrected chi connectivity index (χ3v) is 7.66. The molecule has 1 aromatic carbocycles. The van der Waals surface area contributed by atoms with E-state index in [1.165, 1.54) is 19.2 Å². The third-order valence-electron chi connectivity index (χ3n) is 7.66. The Bertz CT molecular complexity index is 1300. The Kier molecular flexibility index (Phi) is 9.33. The number of likely N-dealkylation sites (tertiary alicyclic amines) is 2. The van der Waals surface area contributed by atoms with Crippen LogP contribution >= 0.6 is 0 Å². The number of amidine groups is 1. The first-order chi connectivity index (χ1) is 19.4. The van der Waals surface area contributed by atoms with Crippen molar-refractivity contribution < 1.29 is 32.2 Å². The maximum absolute atomic E-state index is 14.0. The molecule has 0 amide bonds. The molecule has 222 valence electrons. The van der Waals surface area contributed by atoms with Gasteiger partial charge in [-0.2, -0.15) is 13.2 Å². The van der Waals surface area contributed by atoms with Crippen LogP contribution in [-0.2, 0) is 6.42 Å². The van der Waals surface area contributed by atoms with Crippen LogP contribution in [0.15, 0.2) is 47.4 Å². The summed E-state index contributed by atoms with van der Waals surface area (Å²) in [7, 11) is 3.23. The van der Waals surface area contributed by atoms with Gasteiger partial charge in [0.05, 0.1) is 29.8 Å². The monoisotopic (exact) mass is 577 g/mol. The van der Waals surface area contributed by atoms with Gasteiger partial charge in [-0.15, -0.1) is 0 Å². The Morgan fingerprint density at radius 1 is 1.24 bits per heavy atom. The average Bonchev–Trinajstić information content (AvgIpc) is 3.49. The molecule has 1 atom stereocenters. The smallest absolute Gasteiger partial charge is 0.432 e. The number of rotatable bonds is 4. The lowest BCUT2D eigenvalue weighted by Gasteiger charge is -2.39. The number of β-amino-alcohol motifs (C(OH)–C–C–N with tert-alkyl or cyclic N) is 1. The van der Waals surface area contributed by atoms with Crippen LogP contribution in [0.3, 0.4) is 0 Å². The topological polar surface area (TPSA) is 90.3 Å². The number of carbonyl (C=O) groups excluding carboxylic acids is 1. The van der Waals surface area contributed by atoms with Crippen LogP contribution in [0.4, 0.5) is 17.6 Å². The molecule has 0 saturated carbocycles. The van der Waals surface area contributed by atoms with Gasteiger partial charge >= 0.3 is 6.18 Å². The standard InChI is InChI=1S/C24H24F4N4O2.C5H11NO/c1-15(30-13-22(29-2)24(26,27)28)32-7-5-23(6-8-32)11-18-10-20(31-12-21(18)34-23)16-3-4-17(14-33)19(25)9-16;1-6-3-2-5(7)4-6/h3-4,9-10,12-14,29H,5-8,11H2,1-2H3;5,7H,2-4H2,1H3/b22-13-,30-15?;. The molecule has 1 spiro atoms. The number of pyridine rings is 1. The number of likely N-dealkylation sites (N-methyl/N-ethyl adjacent to an activating group) is 1. The molecule has 3 aliphatic rings. The zero-order chi connectivity index (χ0) is 29.8. The number of allylic oxidation sites excluding steroid dienone is 1. The van der Waals surface area contributed by atoms with Gasteiger partial charge in [-0.25, -0.2) is 9.38 Å². The number of nitrogens with zero attached hydrogens (tertiary/aromatic N) is 4. The predicted molar refractivity (Wildman–Crippen MR) is 147 cm³/mol. The number of aliphatic imine (C=N–C) groups is 1. The highest BCUT2D eigenvalue weighted by Crippen LogP contribution is 2.42. The number of piperidine rings is 1. The highest BCUT2D eigenvalue weighted by atomic mass is 19.4. The van der Waals surface area contributed by atoms with Gasteiger partial charge in [-0.1, -0.05) is 6.07 Å². The number of fused-ring (bicyclic) bond motifs is 1. The molecular weight excluding hydrogens is 542 g/mol. The fourth-order valence-electron chi connectivity index (χ4n) is 5.22. The maximum Gasteiger partial charge on any atom is 0.432 e. The summed E-state index contributed by atoms with van der Waals surface area (Å²) in [6, 6.07) is 6.24. The van der Waals surface area contributed by atoms with Gasteiger partial charge in [0, 0.05) is 63.6 Å². The minimum atomic E-state index is -4.48. The van der Waals surface area contributed by atoms with Gasteiger partial charge in [0.1, 0.15) is 28.7 Å². The van der Waals surface area contributed by atoms with E-state index in [0.717, 1.165) is 31.3 Å². The van der Waals surface area contributed by atoms with Crippen LogP contribution in [0.5, 0.6) is 5.75 Å². The number of halogens is 4. The molecule has 0 bridgehead atoms. The lowest BCUT2D eigenvalue weighted by Crippen LogP contribution is -2.48. The number of alkyl halides is 3. The van der Waals surface area contributed by atoms with E-state index < -0.39 is 23.3 Å². The van der Waals surface area contributed by atoms with Crippen molar-refractivity contribution in [2.75, 3.05) is 40.3 Å². The van der Waals surface area contributed by atoms with Gasteiger partial charge in [0.15, 0.2) is 6.29 Å². The highest BCUT2D eigenvalue weighted by Gasteiger charge is 2.42. The van der Waals surface area contributed by atoms with Crippen molar-refractivity contribution in [1.29, 1.82) is 0 Å². The molecule has 1 aromatic heterocycles. The summed E-state index contributed by atoms with van der Waals surface area (Å²) >= 11 is 0. The van der Waals surface area contributed by atoms with Crippen molar-refractivity contribution in [2.45, 2.75) is 50.5 Å². The van der Waals surface area contributed by atoms with Gasteiger partial charge in [0.25, 0.3) is 0 Å². The number of hydrogen-bond donors (Lipinski definition) is 2. The normalized spacial score (nSPS) is 20.8. The molecule has 4 heterocycles. The van der Waals surface area contributed by atoms with Crippen molar-refractivity contribution in [3.63, 3.8) is 0 Å². The Hall–Kier alpha value is -3.51. The van der Waals surface area contributed by atoms with Crippen LogP contribution in [0, 0.1) is 5.82 Å². The summed E-state index contributed by atoms with van der Waals surface area (Å²) in [6.45, 7) is 4.79. The Morgan fingerprint density at radius 3 is 2.51 bits per heavy atom. The first-order valence-corrected chi connectivity index (χ1v) is 13.5. The van der Waals surface area contributed by atoms with E-state index in [1.807, 2.05) is 18.0 Å². The second-order valence-electron chi connectivity index (χ2n) is 10.7. The number of benzene rings is 1. The molecule has 8 nitrogen and oxygen atoms in total. The molecule has 2 saturated heterocycles. The molecule has 3 aliphatic heterocycles. The van der Waals surface area contributed by atoms with Crippen LogP contribution in [0.2, 0.25) is 0 Å². The molecule has 2 fully saturated rings. The quantitative estimate of drug-likeness (QED) is 0.244. The number of aliphatic hydroxyl groups is 1. The lowest BCUT2D eigenvalue weighted by atomic mass is 9.87. The number of aromatic nitrogens is 1. The second kappa shape index (κ2) is 12.6. The first kappa shape index (κ1) is 30.4. The van der Waals surface area contributed by atoms with Crippen LogP contribution in [-0.4, -0.2) is 90.2 Å². The zero-order valence-electron chi connectivity index (χ0n) is 23.3. The van der Waals surface area contributed by atoms with Crippen molar-refractivity contribution in [2.24, 2.45) is 4.99 Å². The summed E-state index contributed by atoms with van der Waals surface area (Å²) in [5, 5.41) is 11.0. The number of carbonyl (C=O) groups is 1. The molecule has 12 heteroatoms. The largest absolute Gasteiger partial charge is 0.485 e. The maximum atomic E-state index is 14.0. The van der Waals surface area contributed by atoms with E-state index in [2.05, 4.69) is 20.2 Å². The summed E-state index contributed by atoms with van der Waals surface area (Å²) < 4.78 is 58.9.